The topological polar surface area (TPSA) is 94.7 Å². The Kier molecular flexibility index (Phi) is 10.7. The van der Waals surface area contributed by atoms with Crippen molar-refractivity contribution in [3.05, 3.63) is 125 Å². The van der Waals surface area contributed by atoms with Gasteiger partial charge >= 0.3 is 0 Å². The van der Waals surface area contributed by atoms with Crippen LogP contribution in [0.4, 0.5) is 0 Å². The van der Waals surface area contributed by atoms with Gasteiger partial charge in [-0.05, 0) is 33.9 Å². The predicted octanol–water partition coefficient (Wildman–Crippen LogP) is 7.05. The molecule has 11 heteroatoms. The smallest absolute Gasteiger partial charge is 0.272 e. The zero-order valence-electron chi connectivity index (χ0n) is 23.7. The molecule has 0 spiro atoms. The molecule has 1 fully saturated rings. The number of amides is 1. The normalized spacial score (nSPS) is 20.3. The van der Waals surface area contributed by atoms with Gasteiger partial charge in [-0.3, -0.25) is 4.79 Å². The summed E-state index contributed by atoms with van der Waals surface area (Å²) in [6.07, 6.45) is 0.342. The summed E-state index contributed by atoms with van der Waals surface area (Å²) in [6, 6.07) is 28.6. The Balaban J connectivity index is 1.38. The fourth-order valence-electron chi connectivity index (χ4n) is 5.05. The first-order chi connectivity index (χ1) is 21.1. The SMILES string of the molecule is C[C@@H]1[C@H](CSc2cccc[n+]2[O-])O[C@H](c2ccc(-c3ccccc3CNC(=O)C(Cl)(Cl)Cl)cc2)O[C@@H]1c1ccc(CO)cc1. The first-order valence-electron chi connectivity index (χ1n) is 14.0. The lowest BCUT2D eigenvalue weighted by molar-refractivity contribution is -0.645. The van der Waals surface area contributed by atoms with Crippen molar-refractivity contribution in [1.82, 2.24) is 5.32 Å². The molecule has 3 aromatic carbocycles. The van der Waals surface area contributed by atoms with Crippen molar-refractivity contribution in [1.29, 1.82) is 0 Å². The number of ether oxygens (including phenoxy) is 2. The van der Waals surface area contributed by atoms with Crippen molar-refractivity contribution in [3.63, 3.8) is 0 Å². The molecule has 2 N–H and O–H groups in total. The van der Waals surface area contributed by atoms with Crippen molar-refractivity contribution in [2.75, 3.05) is 5.75 Å². The van der Waals surface area contributed by atoms with Gasteiger partial charge in [0.25, 0.3) is 14.7 Å². The summed E-state index contributed by atoms with van der Waals surface area (Å²) in [5, 5.41) is 25.0. The molecule has 230 valence electrons. The third kappa shape index (κ3) is 7.87. The van der Waals surface area contributed by atoms with Gasteiger partial charge < -0.3 is 25.1 Å². The highest BCUT2D eigenvalue weighted by Gasteiger charge is 2.38. The molecule has 7 nitrogen and oxygen atoms in total. The molecule has 5 rings (SSSR count). The fourth-order valence-corrected chi connectivity index (χ4v) is 6.33. The maximum atomic E-state index is 12.3. The monoisotopic (exact) mass is 672 g/mol. The van der Waals surface area contributed by atoms with Crippen LogP contribution < -0.4 is 10.0 Å². The number of halogens is 3. The van der Waals surface area contributed by atoms with E-state index in [1.165, 1.54) is 18.0 Å². The number of hydrogen-bond acceptors (Lipinski definition) is 6. The zero-order chi connectivity index (χ0) is 31.3. The van der Waals surface area contributed by atoms with E-state index < -0.39 is 16.0 Å². The molecule has 1 aliphatic heterocycles. The molecule has 0 aliphatic carbocycles. The molecular formula is C33H31Cl3N2O5S. The third-order valence-corrected chi connectivity index (χ3v) is 9.14. The highest BCUT2D eigenvalue weighted by molar-refractivity contribution is 7.99. The van der Waals surface area contributed by atoms with Crippen LogP contribution in [0, 0.1) is 11.1 Å². The number of aliphatic hydroxyl groups excluding tert-OH is 1. The summed E-state index contributed by atoms with van der Waals surface area (Å²) >= 11 is 18.6. The zero-order valence-corrected chi connectivity index (χ0v) is 26.8. The molecule has 44 heavy (non-hydrogen) atoms. The number of aliphatic hydroxyl groups is 1. The van der Waals surface area contributed by atoms with Gasteiger partial charge in [0.1, 0.15) is 0 Å². The van der Waals surface area contributed by atoms with Crippen molar-refractivity contribution >= 4 is 52.5 Å². The first-order valence-corrected chi connectivity index (χ1v) is 16.1. The quantitative estimate of drug-likeness (QED) is 0.0856. The minimum absolute atomic E-state index is 0.0170. The second-order valence-corrected chi connectivity index (χ2v) is 13.8. The molecule has 4 atom stereocenters. The van der Waals surface area contributed by atoms with Crippen LogP contribution in [0.5, 0.6) is 0 Å². The van der Waals surface area contributed by atoms with Crippen LogP contribution in [0.25, 0.3) is 11.1 Å². The second kappa shape index (κ2) is 14.5. The standard InChI is InChI=1S/C33H31Cl3N2O5S/c1-21-28(20-44-29-8-4-5-17-38(29)41)42-31(43-30(21)24-11-9-22(19-39)10-12-24)25-15-13-23(14-16-25)27-7-3-2-6-26(27)18-37-32(40)33(34,35)36/h2-17,21,28,30-31,39H,18-20H2,1H3,(H,37,40)/t21-,28+,30+,31+/m1/s1. The van der Waals surface area contributed by atoms with Gasteiger partial charge in [-0.15, -0.1) is 0 Å². The van der Waals surface area contributed by atoms with Crippen LogP contribution in [-0.4, -0.2) is 26.7 Å². The number of pyridine rings is 1. The number of rotatable bonds is 9. The number of carbonyl (C=O) groups is 1. The van der Waals surface area contributed by atoms with Crippen LogP contribution in [0.2, 0.25) is 0 Å². The third-order valence-electron chi connectivity index (χ3n) is 7.52. The van der Waals surface area contributed by atoms with Gasteiger partial charge in [0.15, 0.2) is 12.5 Å². The number of thioether (sulfide) groups is 1. The van der Waals surface area contributed by atoms with Gasteiger partial charge in [-0.1, -0.05) is 126 Å². The van der Waals surface area contributed by atoms with Crippen molar-refractivity contribution in [3.8, 4) is 11.1 Å². The molecule has 1 aliphatic rings. The summed E-state index contributed by atoms with van der Waals surface area (Å²) in [7, 11) is 0. The molecular weight excluding hydrogens is 643 g/mol. The van der Waals surface area contributed by atoms with E-state index in [1.807, 2.05) is 78.9 Å². The summed E-state index contributed by atoms with van der Waals surface area (Å²) < 4.78 is 11.9. The molecule has 1 aromatic heterocycles. The molecule has 0 unspecified atom stereocenters. The highest BCUT2D eigenvalue weighted by Crippen LogP contribution is 2.43. The van der Waals surface area contributed by atoms with E-state index in [0.29, 0.717) is 10.8 Å². The van der Waals surface area contributed by atoms with Crippen molar-refractivity contribution < 1.29 is 24.1 Å². The van der Waals surface area contributed by atoms with Crippen molar-refractivity contribution in [2.45, 2.75) is 47.4 Å². The van der Waals surface area contributed by atoms with Crippen LogP contribution >= 0.6 is 46.6 Å². The number of nitrogens with zero attached hydrogens (tertiary/aromatic N) is 1. The van der Waals surface area contributed by atoms with Crippen LogP contribution in [-0.2, 0) is 27.4 Å². The number of alkyl halides is 3. The average Bonchev–Trinajstić information content (AvgIpc) is 3.03. The summed E-state index contributed by atoms with van der Waals surface area (Å²) in [4.78, 5) is 12.1. The van der Waals surface area contributed by atoms with Gasteiger partial charge in [0, 0.05) is 35.9 Å². The van der Waals surface area contributed by atoms with Gasteiger partial charge in [-0.25, -0.2) is 0 Å². The number of hydrogen-bond donors (Lipinski definition) is 2. The van der Waals surface area contributed by atoms with Crippen LogP contribution in [0.3, 0.4) is 0 Å². The lowest BCUT2D eigenvalue weighted by Crippen LogP contribution is -2.39. The largest absolute Gasteiger partial charge is 0.618 e. The van der Waals surface area contributed by atoms with Gasteiger partial charge in [0.2, 0.25) is 0 Å². The molecule has 4 aromatic rings. The maximum Gasteiger partial charge on any atom is 0.272 e. The minimum atomic E-state index is -2.04. The highest BCUT2D eigenvalue weighted by atomic mass is 35.6. The Morgan fingerprint density at radius 1 is 0.955 bits per heavy atom. The van der Waals surface area contributed by atoms with Crippen LogP contribution in [0.1, 0.15) is 41.6 Å². The van der Waals surface area contributed by atoms with E-state index in [-0.39, 0.29) is 31.3 Å². The summed E-state index contributed by atoms with van der Waals surface area (Å²) in [6.45, 7) is 2.25. The molecule has 0 radical (unpaired) electrons. The van der Waals surface area contributed by atoms with E-state index in [0.717, 1.165) is 38.1 Å². The Morgan fingerprint density at radius 2 is 1.64 bits per heavy atom. The molecule has 0 saturated carbocycles. The predicted molar refractivity (Wildman–Crippen MR) is 173 cm³/mol. The van der Waals surface area contributed by atoms with E-state index >= 15 is 0 Å². The first kappa shape index (κ1) is 32.6. The lowest BCUT2D eigenvalue weighted by atomic mass is 9.91. The Hall–Kier alpha value is -2.82. The van der Waals surface area contributed by atoms with E-state index in [4.69, 9.17) is 44.3 Å². The summed E-state index contributed by atoms with van der Waals surface area (Å²) in [5.41, 5.74) is 5.37. The summed E-state index contributed by atoms with van der Waals surface area (Å²) in [5.74, 6) is -0.153. The molecule has 1 amide bonds. The van der Waals surface area contributed by atoms with E-state index in [1.54, 1.807) is 12.1 Å². The van der Waals surface area contributed by atoms with E-state index in [2.05, 4.69) is 12.2 Å². The Labute approximate surface area is 275 Å². The molecule has 0 bridgehead atoms. The Bertz CT molecular complexity index is 1570. The number of nitrogens with one attached hydrogen (secondary N) is 1. The van der Waals surface area contributed by atoms with Gasteiger partial charge in [0.05, 0.1) is 18.8 Å². The molecule has 2 heterocycles. The Morgan fingerprint density at radius 3 is 2.32 bits per heavy atom. The van der Waals surface area contributed by atoms with Crippen molar-refractivity contribution in [2.24, 2.45) is 5.92 Å². The number of benzene rings is 3. The number of carbonyl (C=O) groups excluding carboxylic acids is 1. The second-order valence-electron chi connectivity index (χ2n) is 10.5. The lowest BCUT2D eigenvalue weighted by Gasteiger charge is -2.41. The average molecular weight is 674 g/mol. The minimum Gasteiger partial charge on any atom is -0.618 e. The number of aromatic nitrogens is 1. The fraction of sp³-hybridized carbons (Fsp3) is 0.273. The molecule has 1 saturated heterocycles. The van der Waals surface area contributed by atoms with Crippen LogP contribution in [0.15, 0.2) is 102 Å². The van der Waals surface area contributed by atoms with E-state index in [9.17, 15) is 15.1 Å². The van der Waals surface area contributed by atoms with Gasteiger partial charge in [-0.2, -0.15) is 4.73 Å². The maximum absolute atomic E-state index is 12.3.